The Morgan fingerprint density at radius 1 is 1.40 bits per heavy atom. The molecule has 0 aliphatic rings. The quantitative estimate of drug-likeness (QED) is 0.182. The second-order valence-electron chi connectivity index (χ2n) is 5.11. The molecule has 0 aliphatic carbocycles. The Hall–Kier alpha value is -3.23. The maximum absolute atomic E-state index is 11.9. The summed E-state index contributed by atoms with van der Waals surface area (Å²) in [6.45, 7) is 0.283. The van der Waals surface area contributed by atoms with Crippen molar-refractivity contribution in [2.45, 2.75) is 18.9 Å². The van der Waals surface area contributed by atoms with Crippen LogP contribution in [0.25, 0.3) is 6.08 Å². The maximum atomic E-state index is 11.9. The molecular weight excluding hydrogens is 328 g/mol. The van der Waals surface area contributed by atoms with E-state index in [9.17, 15) is 14.7 Å². The van der Waals surface area contributed by atoms with E-state index in [1.165, 1.54) is 25.3 Å². The van der Waals surface area contributed by atoms with Gasteiger partial charge in [0.25, 0.3) is 0 Å². The van der Waals surface area contributed by atoms with Crippen LogP contribution in [0.5, 0.6) is 11.5 Å². The lowest BCUT2D eigenvalue weighted by Gasteiger charge is -2.12. The molecule has 0 aliphatic heterocycles. The molecule has 1 amide bonds. The minimum absolute atomic E-state index is 0.0178. The smallest absolute Gasteiger partial charge is 0.326 e. The van der Waals surface area contributed by atoms with Crippen LogP contribution in [-0.4, -0.2) is 47.7 Å². The number of ether oxygens (including phenoxy) is 1. The first kappa shape index (κ1) is 19.8. The van der Waals surface area contributed by atoms with Gasteiger partial charge in [-0.2, -0.15) is 0 Å². The molecule has 1 aromatic carbocycles. The molecule has 25 heavy (non-hydrogen) atoms. The summed E-state index contributed by atoms with van der Waals surface area (Å²) >= 11 is 0. The molecule has 0 heterocycles. The van der Waals surface area contributed by atoms with E-state index in [2.05, 4.69) is 10.3 Å². The van der Waals surface area contributed by atoms with Crippen LogP contribution >= 0.6 is 0 Å². The SMILES string of the molecule is COc1cc(C=CC(=O)N[C@@H](CCCN=C(N)N)C(=O)O)ccc1O. The number of aromatic hydroxyl groups is 1. The van der Waals surface area contributed by atoms with Crippen LogP contribution in [0.3, 0.4) is 0 Å². The van der Waals surface area contributed by atoms with Gasteiger partial charge in [-0.1, -0.05) is 6.07 Å². The van der Waals surface area contributed by atoms with Crippen molar-refractivity contribution >= 4 is 23.9 Å². The topological polar surface area (TPSA) is 160 Å². The summed E-state index contributed by atoms with van der Waals surface area (Å²) in [5, 5.41) is 21.1. The van der Waals surface area contributed by atoms with Crippen molar-refractivity contribution in [1.82, 2.24) is 5.32 Å². The van der Waals surface area contributed by atoms with Crippen LogP contribution in [0, 0.1) is 0 Å². The number of nitrogens with zero attached hydrogens (tertiary/aromatic N) is 1. The van der Waals surface area contributed by atoms with E-state index in [0.29, 0.717) is 12.0 Å². The van der Waals surface area contributed by atoms with Crippen molar-refractivity contribution in [3.63, 3.8) is 0 Å². The number of nitrogens with one attached hydrogen (secondary N) is 1. The Morgan fingerprint density at radius 2 is 2.12 bits per heavy atom. The van der Waals surface area contributed by atoms with Gasteiger partial charge in [0.15, 0.2) is 17.5 Å². The molecule has 9 heteroatoms. The number of hydrogen-bond donors (Lipinski definition) is 5. The highest BCUT2D eigenvalue weighted by atomic mass is 16.5. The Bertz CT molecular complexity index is 668. The zero-order valence-corrected chi connectivity index (χ0v) is 13.8. The summed E-state index contributed by atoms with van der Waals surface area (Å²) in [5.41, 5.74) is 11.0. The number of methoxy groups -OCH3 is 1. The minimum atomic E-state index is -1.14. The van der Waals surface area contributed by atoms with Gasteiger partial charge in [-0.15, -0.1) is 0 Å². The fourth-order valence-electron chi connectivity index (χ4n) is 1.95. The summed E-state index contributed by atoms with van der Waals surface area (Å²) < 4.78 is 4.97. The number of amides is 1. The largest absolute Gasteiger partial charge is 0.504 e. The predicted molar refractivity (Wildman–Crippen MR) is 93.2 cm³/mol. The van der Waals surface area contributed by atoms with Crippen LogP contribution in [0.15, 0.2) is 29.3 Å². The third-order valence-electron chi connectivity index (χ3n) is 3.19. The van der Waals surface area contributed by atoms with Gasteiger partial charge in [-0.25, -0.2) is 4.79 Å². The molecule has 0 saturated carbocycles. The van der Waals surface area contributed by atoms with Gasteiger partial charge in [0, 0.05) is 12.6 Å². The number of aliphatic imine (C=N–C) groups is 1. The van der Waals surface area contributed by atoms with E-state index in [-0.39, 0.29) is 30.4 Å². The van der Waals surface area contributed by atoms with Gasteiger partial charge >= 0.3 is 5.97 Å². The minimum Gasteiger partial charge on any atom is -0.504 e. The molecule has 0 unspecified atom stereocenters. The molecule has 0 spiro atoms. The standard InChI is InChI=1S/C16H22N4O5/c1-25-13-9-10(4-6-12(13)21)5-7-14(22)20-11(15(23)24)3-2-8-19-16(17)18/h4-7,9,11,21H,2-3,8H2,1H3,(H,20,22)(H,23,24)(H4,17,18,19)/t11-/m0/s1. The normalized spacial score (nSPS) is 11.7. The zero-order valence-electron chi connectivity index (χ0n) is 13.8. The van der Waals surface area contributed by atoms with Gasteiger partial charge in [0.1, 0.15) is 6.04 Å². The van der Waals surface area contributed by atoms with Crippen molar-refractivity contribution in [1.29, 1.82) is 0 Å². The molecule has 0 fully saturated rings. The van der Waals surface area contributed by atoms with E-state index in [4.69, 9.17) is 21.3 Å². The van der Waals surface area contributed by atoms with E-state index < -0.39 is 17.9 Å². The number of carbonyl (C=O) groups is 2. The number of nitrogens with two attached hydrogens (primary N) is 2. The van der Waals surface area contributed by atoms with Gasteiger partial charge in [-0.3, -0.25) is 9.79 Å². The highest BCUT2D eigenvalue weighted by molar-refractivity contribution is 5.94. The van der Waals surface area contributed by atoms with Crippen molar-refractivity contribution in [2.24, 2.45) is 16.5 Å². The molecule has 7 N–H and O–H groups in total. The number of carbonyl (C=O) groups excluding carboxylic acids is 1. The summed E-state index contributed by atoms with van der Waals surface area (Å²) in [6.07, 6.45) is 3.29. The molecule has 0 bridgehead atoms. The van der Waals surface area contributed by atoms with Gasteiger partial charge in [0.2, 0.25) is 5.91 Å². The Kier molecular flexibility index (Phi) is 7.77. The molecule has 0 aromatic heterocycles. The number of carboxylic acid groups (broad SMARTS) is 1. The Balaban J connectivity index is 2.62. The van der Waals surface area contributed by atoms with Gasteiger partial charge in [-0.05, 0) is 36.6 Å². The number of rotatable bonds is 9. The fourth-order valence-corrected chi connectivity index (χ4v) is 1.95. The number of guanidine groups is 1. The highest BCUT2D eigenvalue weighted by Crippen LogP contribution is 2.26. The Morgan fingerprint density at radius 3 is 2.72 bits per heavy atom. The molecule has 9 nitrogen and oxygen atoms in total. The highest BCUT2D eigenvalue weighted by Gasteiger charge is 2.18. The fraction of sp³-hybridized carbons (Fsp3) is 0.312. The Labute approximate surface area is 145 Å². The lowest BCUT2D eigenvalue weighted by atomic mass is 10.1. The summed E-state index contributed by atoms with van der Waals surface area (Å²) in [5.74, 6) is -1.51. The second-order valence-corrected chi connectivity index (χ2v) is 5.11. The molecule has 1 atom stereocenters. The van der Waals surface area contributed by atoms with E-state index in [1.807, 2.05) is 0 Å². The van der Waals surface area contributed by atoms with Crippen LogP contribution in [0.1, 0.15) is 18.4 Å². The summed E-state index contributed by atoms with van der Waals surface area (Å²) in [6, 6.07) is 3.52. The van der Waals surface area contributed by atoms with Crippen LogP contribution in [0.4, 0.5) is 0 Å². The van der Waals surface area contributed by atoms with Crippen molar-refractivity contribution in [2.75, 3.05) is 13.7 Å². The van der Waals surface area contributed by atoms with Gasteiger partial charge in [0.05, 0.1) is 7.11 Å². The number of phenolic OH excluding ortho intramolecular Hbond substituents is 1. The first-order valence-corrected chi connectivity index (χ1v) is 7.47. The monoisotopic (exact) mass is 350 g/mol. The lowest BCUT2D eigenvalue weighted by molar-refractivity contribution is -0.141. The third-order valence-corrected chi connectivity index (χ3v) is 3.19. The first-order valence-electron chi connectivity index (χ1n) is 7.47. The number of aliphatic carboxylic acids is 1. The lowest BCUT2D eigenvalue weighted by Crippen LogP contribution is -2.40. The number of hydrogen-bond acceptors (Lipinski definition) is 5. The predicted octanol–water partition coefficient (Wildman–Crippen LogP) is 0.0370. The number of benzene rings is 1. The van der Waals surface area contributed by atoms with E-state index >= 15 is 0 Å². The molecule has 0 saturated heterocycles. The molecule has 1 rings (SSSR count). The molecule has 0 radical (unpaired) electrons. The molecule has 136 valence electrons. The van der Waals surface area contributed by atoms with Crippen LogP contribution in [0.2, 0.25) is 0 Å². The second kappa shape index (κ2) is 9.81. The van der Waals surface area contributed by atoms with E-state index in [0.717, 1.165) is 0 Å². The van der Waals surface area contributed by atoms with Crippen LogP contribution in [-0.2, 0) is 9.59 Å². The first-order chi connectivity index (χ1) is 11.8. The number of phenols is 1. The zero-order chi connectivity index (χ0) is 18.8. The summed E-state index contributed by atoms with van der Waals surface area (Å²) in [7, 11) is 1.41. The molecular formula is C16H22N4O5. The molecule has 1 aromatic rings. The third kappa shape index (κ3) is 7.25. The van der Waals surface area contributed by atoms with Gasteiger partial charge < -0.3 is 31.7 Å². The van der Waals surface area contributed by atoms with Crippen molar-refractivity contribution in [3.8, 4) is 11.5 Å². The average molecular weight is 350 g/mol. The average Bonchev–Trinajstić information content (AvgIpc) is 2.56. The van der Waals surface area contributed by atoms with E-state index in [1.54, 1.807) is 12.1 Å². The maximum Gasteiger partial charge on any atom is 0.326 e. The van der Waals surface area contributed by atoms with Crippen LogP contribution < -0.4 is 21.5 Å². The van der Waals surface area contributed by atoms with Crippen molar-refractivity contribution in [3.05, 3.63) is 29.8 Å². The number of carboxylic acids is 1. The summed E-state index contributed by atoms with van der Waals surface area (Å²) in [4.78, 5) is 26.8. The van der Waals surface area contributed by atoms with Crippen molar-refractivity contribution < 1.29 is 24.5 Å².